The Morgan fingerprint density at radius 3 is 2.24 bits per heavy atom. The molecule has 8 nitrogen and oxygen atoms in total. The molecule has 1 heterocycles. The van der Waals surface area contributed by atoms with Gasteiger partial charge in [-0.1, -0.05) is 32.1 Å². The number of hydrogen-bond donors (Lipinski definition) is 1. The molecule has 0 aliphatic heterocycles. The van der Waals surface area contributed by atoms with Gasteiger partial charge in [-0.25, -0.2) is 13.8 Å². The van der Waals surface area contributed by atoms with Crippen molar-refractivity contribution < 1.29 is 18.0 Å². The van der Waals surface area contributed by atoms with E-state index in [1.807, 2.05) is 0 Å². The number of hydrogen-bond acceptors (Lipinski definition) is 6. The standard InChI is InChI=1S/C24H35FN3O5P/c1-3-32-34(31,33-4-2)16-27-23(29)19-14-20(25)21(26-17-10-6-5-7-11-17)15-22(19)28(24(27)30)18-12-8-9-13-18/h14-15,17-18,26H,3-13,16H2,1-2H3. The summed E-state index contributed by atoms with van der Waals surface area (Å²) in [5.74, 6) is -0.531. The Hall–Kier alpha value is -1.96. The number of nitrogens with one attached hydrogen (secondary N) is 1. The summed E-state index contributed by atoms with van der Waals surface area (Å²) < 4.78 is 41.5. The molecule has 4 rings (SSSR count). The second kappa shape index (κ2) is 10.8. The number of nitrogens with zero attached hydrogens (tertiary/aromatic N) is 2. The molecule has 0 saturated heterocycles. The average Bonchev–Trinajstić information content (AvgIpc) is 3.34. The van der Waals surface area contributed by atoms with E-state index in [1.165, 1.54) is 12.5 Å². The van der Waals surface area contributed by atoms with Gasteiger partial charge < -0.3 is 14.4 Å². The lowest BCUT2D eigenvalue weighted by molar-refractivity contribution is 0.213. The predicted molar refractivity (Wildman–Crippen MR) is 131 cm³/mol. The van der Waals surface area contributed by atoms with Crippen molar-refractivity contribution in [3.8, 4) is 0 Å². The SMILES string of the molecule is CCOP(=O)(Cn1c(=O)c2cc(F)c(NC3CCCCC3)cc2n(C2CCCC2)c1=O)OCC. The molecule has 0 amide bonds. The van der Waals surface area contributed by atoms with E-state index in [-0.39, 0.29) is 30.7 Å². The second-order valence-corrected chi connectivity index (χ2v) is 11.3. The maximum Gasteiger partial charge on any atom is 0.350 e. The predicted octanol–water partition coefficient (Wildman–Crippen LogP) is 5.39. The van der Waals surface area contributed by atoms with Crippen LogP contribution in [-0.4, -0.2) is 28.4 Å². The summed E-state index contributed by atoms with van der Waals surface area (Å²) in [6.45, 7) is 3.56. The fourth-order valence-corrected chi connectivity index (χ4v) is 6.92. The molecule has 1 aromatic heterocycles. The Kier molecular flexibility index (Phi) is 7.95. The first-order valence-electron chi connectivity index (χ1n) is 12.5. The molecule has 2 aliphatic rings. The van der Waals surface area contributed by atoms with Crippen LogP contribution in [0.3, 0.4) is 0 Å². The molecular weight excluding hydrogens is 460 g/mol. The van der Waals surface area contributed by atoms with Crippen LogP contribution in [0.1, 0.15) is 77.7 Å². The highest BCUT2D eigenvalue weighted by Gasteiger charge is 2.30. The topological polar surface area (TPSA) is 91.6 Å². The minimum atomic E-state index is -3.73. The van der Waals surface area contributed by atoms with Crippen molar-refractivity contribution in [2.24, 2.45) is 0 Å². The highest BCUT2D eigenvalue weighted by molar-refractivity contribution is 7.52. The van der Waals surface area contributed by atoms with E-state index in [1.54, 1.807) is 24.5 Å². The van der Waals surface area contributed by atoms with Crippen LogP contribution in [0.4, 0.5) is 10.1 Å². The molecule has 0 bridgehead atoms. The van der Waals surface area contributed by atoms with Crippen LogP contribution in [-0.2, 0) is 19.9 Å². The van der Waals surface area contributed by atoms with Gasteiger partial charge in [0.2, 0.25) is 0 Å². The monoisotopic (exact) mass is 495 g/mol. The molecule has 0 atom stereocenters. The lowest BCUT2D eigenvalue weighted by atomic mass is 9.95. The minimum absolute atomic E-state index is 0.0951. The Labute approximate surface area is 199 Å². The van der Waals surface area contributed by atoms with Gasteiger partial charge in [-0.15, -0.1) is 0 Å². The molecule has 0 unspecified atom stereocenters. The summed E-state index contributed by atoms with van der Waals surface area (Å²) in [4.78, 5) is 27.0. The normalized spacial score (nSPS) is 18.1. The van der Waals surface area contributed by atoms with Gasteiger partial charge in [0.25, 0.3) is 5.56 Å². The molecule has 10 heteroatoms. The first-order chi connectivity index (χ1) is 16.4. The molecule has 188 valence electrons. The molecule has 2 aromatic rings. The third-order valence-electron chi connectivity index (χ3n) is 6.88. The summed E-state index contributed by atoms with van der Waals surface area (Å²) in [5.41, 5.74) is -0.506. The number of fused-ring (bicyclic) bond motifs is 1. The summed E-state index contributed by atoms with van der Waals surface area (Å²) in [6, 6.07) is 2.88. The van der Waals surface area contributed by atoms with E-state index < -0.39 is 30.9 Å². The molecule has 2 fully saturated rings. The molecule has 1 aromatic carbocycles. The number of benzene rings is 1. The van der Waals surface area contributed by atoms with Crippen LogP contribution >= 0.6 is 7.60 Å². The number of aromatic nitrogens is 2. The number of anilines is 1. The van der Waals surface area contributed by atoms with Crippen molar-refractivity contribution in [1.29, 1.82) is 0 Å². The van der Waals surface area contributed by atoms with Crippen LogP contribution in [0.15, 0.2) is 21.7 Å². The molecule has 0 radical (unpaired) electrons. The maximum atomic E-state index is 15.2. The van der Waals surface area contributed by atoms with Gasteiger partial charge in [0.15, 0.2) is 0 Å². The van der Waals surface area contributed by atoms with Crippen molar-refractivity contribution in [2.75, 3.05) is 18.5 Å². The Bertz CT molecular complexity index is 1170. The Morgan fingerprint density at radius 1 is 1.00 bits per heavy atom. The third kappa shape index (κ3) is 5.16. The van der Waals surface area contributed by atoms with E-state index in [9.17, 15) is 14.2 Å². The van der Waals surface area contributed by atoms with Crippen molar-refractivity contribution in [3.05, 3.63) is 38.8 Å². The minimum Gasteiger partial charge on any atom is -0.380 e. The van der Waals surface area contributed by atoms with E-state index in [2.05, 4.69) is 5.32 Å². The van der Waals surface area contributed by atoms with Crippen LogP contribution in [0, 0.1) is 5.82 Å². The van der Waals surface area contributed by atoms with Gasteiger partial charge in [0, 0.05) is 12.1 Å². The van der Waals surface area contributed by atoms with Gasteiger partial charge in [0.1, 0.15) is 12.1 Å². The molecular formula is C24H35FN3O5P. The quantitative estimate of drug-likeness (QED) is 0.470. The van der Waals surface area contributed by atoms with Gasteiger partial charge in [-0.2, -0.15) is 0 Å². The molecule has 34 heavy (non-hydrogen) atoms. The van der Waals surface area contributed by atoms with Crippen LogP contribution in [0.2, 0.25) is 0 Å². The van der Waals surface area contributed by atoms with Crippen LogP contribution in [0.5, 0.6) is 0 Å². The number of rotatable bonds is 9. The molecule has 1 N–H and O–H groups in total. The fourth-order valence-electron chi connectivity index (χ4n) is 5.30. The van der Waals surface area contributed by atoms with E-state index in [0.29, 0.717) is 11.2 Å². The summed E-state index contributed by atoms with van der Waals surface area (Å²) in [7, 11) is -3.73. The van der Waals surface area contributed by atoms with Crippen molar-refractivity contribution in [2.45, 2.75) is 90.0 Å². The van der Waals surface area contributed by atoms with Crippen LogP contribution < -0.4 is 16.6 Å². The van der Waals surface area contributed by atoms with Gasteiger partial charge >= 0.3 is 13.3 Å². The Morgan fingerprint density at radius 2 is 1.62 bits per heavy atom. The lowest BCUT2D eigenvalue weighted by Crippen LogP contribution is -2.41. The number of halogens is 1. The maximum absolute atomic E-state index is 15.2. The van der Waals surface area contributed by atoms with Crippen LogP contribution in [0.25, 0.3) is 10.9 Å². The zero-order valence-electron chi connectivity index (χ0n) is 20.1. The zero-order chi connectivity index (χ0) is 24.3. The summed E-state index contributed by atoms with van der Waals surface area (Å²) >= 11 is 0. The summed E-state index contributed by atoms with van der Waals surface area (Å²) in [6.07, 6.45) is 8.37. The first-order valence-corrected chi connectivity index (χ1v) is 14.2. The first kappa shape index (κ1) is 25.1. The zero-order valence-corrected chi connectivity index (χ0v) is 20.9. The molecule has 2 saturated carbocycles. The molecule has 0 spiro atoms. The van der Waals surface area contributed by atoms with Gasteiger partial charge in [-0.05, 0) is 51.7 Å². The largest absolute Gasteiger partial charge is 0.380 e. The highest BCUT2D eigenvalue weighted by Crippen LogP contribution is 2.49. The van der Waals surface area contributed by atoms with E-state index in [0.717, 1.165) is 55.9 Å². The van der Waals surface area contributed by atoms with Crippen molar-refractivity contribution in [3.63, 3.8) is 0 Å². The highest BCUT2D eigenvalue weighted by atomic mass is 31.2. The third-order valence-corrected chi connectivity index (χ3v) is 8.81. The van der Waals surface area contributed by atoms with E-state index in [4.69, 9.17) is 9.05 Å². The van der Waals surface area contributed by atoms with Gasteiger partial charge in [0.05, 0.1) is 29.8 Å². The van der Waals surface area contributed by atoms with E-state index >= 15 is 4.39 Å². The lowest BCUT2D eigenvalue weighted by Gasteiger charge is -2.25. The van der Waals surface area contributed by atoms with Crippen molar-refractivity contribution in [1.82, 2.24) is 9.13 Å². The van der Waals surface area contributed by atoms with Gasteiger partial charge in [-0.3, -0.25) is 13.9 Å². The summed E-state index contributed by atoms with van der Waals surface area (Å²) in [5, 5.41) is 3.40. The second-order valence-electron chi connectivity index (χ2n) is 9.24. The smallest absolute Gasteiger partial charge is 0.350 e. The van der Waals surface area contributed by atoms with Crippen molar-refractivity contribution >= 4 is 24.2 Å². The average molecular weight is 496 g/mol. The fraction of sp³-hybridized carbons (Fsp3) is 0.667. The molecule has 2 aliphatic carbocycles. The Balaban J connectivity index is 1.86.